The number of carbonyl (C=O) groups excluding carboxylic acids is 1. The van der Waals surface area contributed by atoms with Crippen molar-refractivity contribution in [1.29, 1.82) is 0 Å². The van der Waals surface area contributed by atoms with Crippen molar-refractivity contribution < 1.29 is 14.3 Å². The van der Waals surface area contributed by atoms with Crippen LogP contribution in [0.25, 0.3) is 0 Å². The van der Waals surface area contributed by atoms with Crippen LogP contribution in [0.5, 0.6) is 0 Å². The van der Waals surface area contributed by atoms with Gasteiger partial charge in [-0.25, -0.2) is 0 Å². The average Bonchev–Trinajstić information content (AvgIpc) is 3.09. The molecular weight excluding hydrogens is 340 g/mol. The van der Waals surface area contributed by atoms with E-state index in [9.17, 15) is 4.79 Å². The number of aryl methyl sites for hydroxylation is 1. The predicted octanol–water partition coefficient (Wildman–Crippen LogP) is 3.23. The molecule has 2 fully saturated rings. The Labute approximate surface area is 160 Å². The molecule has 2 aliphatic heterocycles. The largest absolute Gasteiger partial charge is 0.377 e. The predicted molar refractivity (Wildman–Crippen MR) is 102 cm³/mol. The molecule has 1 spiro atoms. The van der Waals surface area contributed by atoms with Crippen molar-refractivity contribution >= 4 is 5.91 Å². The molecule has 5 heteroatoms. The first-order chi connectivity index (χ1) is 13.2. The van der Waals surface area contributed by atoms with E-state index in [1.54, 1.807) is 12.4 Å². The van der Waals surface area contributed by atoms with E-state index in [4.69, 9.17) is 9.47 Å². The van der Waals surface area contributed by atoms with Crippen molar-refractivity contribution in [3.63, 3.8) is 0 Å². The van der Waals surface area contributed by atoms with Crippen LogP contribution in [0, 0.1) is 12.8 Å². The fourth-order valence-electron chi connectivity index (χ4n) is 4.06. The SMILES string of the molecule is Cc1ccc(C(=O)N2CC3(C2)OCCC3CCOCc2ccncc2)cc1. The summed E-state index contributed by atoms with van der Waals surface area (Å²) >= 11 is 0. The zero-order valence-corrected chi connectivity index (χ0v) is 15.8. The highest BCUT2D eigenvalue weighted by molar-refractivity contribution is 5.95. The molecule has 2 aliphatic rings. The minimum absolute atomic E-state index is 0.101. The van der Waals surface area contributed by atoms with Crippen LogP contribution in [0.15, 0.2) is 48.8 Å². The smallest absolute Gasteiger partial charge is 0.254 e. The fraction of sp³-hybridized carbons (Fsp3) is 0.455. The highest BCUT2D eigenvalue weighted by Crippen LogP contribution is 2.42. The second-order valence-electron chi connectivity index (χ2n) is 7.62. The summed E-state index contributed by atoms with van der Waals surface area (Å²) in [5, 5.41) is 0. The first-order valence-electron chi connectivity index (χ1n) is 9.63. The van der Waals surface area contributed by atoms with Gasteiger partial charge in [0, 0.05) is 31.2 Å². The number of rotatable bonds is 6. The van der Waals surface area contributed by atoms with Gasteiger partial charge in [0.05, 0.1) is 19.7 Å². The van der Waals surface area contributed by atoms with E-state index in [1.807, 2.05) is 48.2 Å². The van der Waals surface area contributed by atoms with E-state index in [1.165, 1.54) is 0 Å². The molecule has 2 saturated heterocycles. The monoisotopic (exact) mass is 366 g/mol. The Bertz CT molecular complexity index is 770. The van der Waals surface area contributed by atoms with Gasteiger partial charge in [0.15, 0.2) is 0 Å². The number of nitrogens with zero attached hydrogens (tertiary/aromatic N) is 2. The van der Waals surface area contributed by atoms with E-state index in [0.29, 0.717) is 32.2 Å². The number of carbonyl (C=O) groups is 1. The Balaban J connectivity index is 1.26. The Kier molecular flexibility index (Phi) is 5.23. The number of aromatic nitrogens is 1. The number of hydrogen-bond acceptors (Lipinski definition) is 4. The molecule has 1 unspecified atom stereocenters. The summed E-state index contributed by atoms with van der Waals surface area (Å²) in [6, 6.07) is 11.7. The van der Waals surface area contributed by atoms with Crippen LogP contribution in [0.1, 0.15) is 34.3 Å². The summed E-state index contributed by atoms with van der Waals surface area (Å²) in [6.07, 6.45) is 5.59. The molecule has 142 valence electrons. The van der Waals surface area contributed by atoms with E-state index in [-0.39, 0.29) is 11.5 Å². The lowest BCUT2D eigenvalue weighted by Crippen LogP contribution is -2.66. The van der Waals surface area contributed by atoms with Gasteiger partial charge in [-0.2, -0.15) is 0 Å². The summed E-state index contributed by atoms with van der Waals surface area (Å²) in [5.74, 6) is 0.556. The van der Waals surface area contributed by atoms with E-state index >= 15 is 0 Å². The number of hydrogen-bond donors (Lipinski definition) is 0. The molecule has 0 radical (unpaired) electrons. The number of benzene rings is 1. The molecule has 4 rings (SSSR count). The molecule has 1 aromatic carbocycles. The highest BCUT2D eigenvalue weighted by Gasteiger charge is 2.54. The third-order valence-electron chi connectivity index (χ3n) is 5.73. The third-order valence-corrected chi connectivity index (χ3v) is 5.73. The maximum Gasteiger partial charge on any atom is 0.254 e. The minimum atomic E-state index is -0.166. The lowest BCUT2D eigenvalue weighted by Gasteiger charge is -2.50. The summed E-state index contributed by atoms with van der Waals surface area (Å²) in [6.45, 7) is 5.51. The Morgan fingerprint density at radius 1 is 1.22 bits per heavy atom. The molecule has 5 nitrogen and oxygen atoms in total. The highest BCUT2D eigenvalue weighted by atomic mass is 16.5. The zero-order valence-electron chi connectivity index (χ0n) is 15.8. The summed E-state index contributed by atoms with van der Waals surface area (Å²) in [7, 11) is 0. The normalized spacial score (nSPS) is 20.6. The second-order valence-corrected chi connectivity index (χ2v) is 7.62. The zero-order chi connectivity index (χ0) is 18.7. The third kappa shape index (κ3) is 3.89. The van der Waals surface area contributed by atoms with Crippen LogP contribution in [-0.2, 0) is 16.1 Å². The minimum Gasteiger partial charge on any atom is -0.377 e. The maximum absolute atomic E-state index is 12.6. The van der Waals surface area contributed by atoms with Gasteiger partial charge in [0.2, 0.25) is 0 Å². The quantitative estimate of drug-likeness (QED) is 0.737. The van der Waals surface area contributed by atoms with Crippen LogP contribution in [-0.4, -0.2) is 47.7 Å². The molecule has 0 bridgehead atoms. The molecule has 0 N–H and O–H groups in total. The molecule has 1 atom stereocenters. The summed E-state index contributed by atoms with van der Waals surface area (Å²) < 4.78 is 11.9. The summed E-state index contributed by atoms with van der Waals surface area (Å²) in [4.78, 5) is 18.6. The Morgan fingerprint density at radius 3 is 2.70 bits per heavy atom. The van der Waals surface area contributed by atoms with Crippen LogP contribution in [0.2, 0.25) is 0 Å². The first kappa shape index (κ1) is 18.1. The standard InChI is InChI=1S/C22H26N2O3/c1-17-2-4-19(5-3-17)21(25)24-15-22(16-24)20(9-13-27-22)8-12-26-14-18-6-10-23-11-7-18/h2-7,10-11,20H,8-9,12-16H2,1H3. The van der Waals surface area contributed by atoms with E-state index in [0.717, 1.165) is 36.1 Å². The first-order valence-corrected chi connectivity index (χ1v) is 9.63. The Morgan fingerprint density at radius 2 is 1.96 bits per heavy atom. The van der Waals surface area contributed by atoms with Crippen molar-refractivity contribution in [3.05, 3.63) is 65.5 Å². The lowest BCUT2D eigenvalue weighted by molar-refractivity contribution is -0.120. The second kappa shape index (κ2) is 7.79. The van der Waals surface area contributed by atoms with Crippen molar-refractivity contribution in [3.8, 4) is 0 Å². The van der Waals surface area contributed by atoms with Gasteiger partial charge in [-0.15, -0.1) is 0 Å². The molecule has 1 amide bonds. The van der Waals surface area contributed by atoms with Gasteiger partial charge >= 0.3 is 0 Å². The van der Waals surface area contributed by atoms with Crippen LogP contribution in [0.3, 0.4) is 0 Å². The number of amides is 1. The van der Waals surface area contributed by atoms with Gasteiger partial charge < -0.3 is 14.4 Å². The molecular formula is C22H26N2O3. The average molecular weight is 366 g/mol. The lowest BCUT2D eigenvalue weighted by atomic mass is 9.79. The van der Waals surface area contributed by atoms with Gasteiger partial charge in [-0.3, -0.25) is 9.78 Å². The van der Waals surface area contributed by atoms with Gasteiger partial charge in [0.1, 0.15) is 5.60 Å². The number of ether oxygens (including phenoxy) is 2. The molecule has 27 heavy (non-hydrogen) atoms. The number of likely N-dealkylation sites (tertiary alicyclic amines) is 1. The van der Waals surface area contributed by atoms with Crippen molar-refractivity contribution in [2.75, 3.05) is 26.3 Å². The fourth-order valence-corrected chi connectivity index (χ4v) is 4.06. The molecule has 0 aliphatic carbocycles. The van der Waals surface area contributed by atoms with Crippen LogP contribution >= 0.6 is 0 Å². The summed E-state index contributed by atoms with van der Waals surface area (Å²) in [5.41, 5.74) is 2.89. The van der Waals surface area contributed by atoms with Crippen LogP contribution < -0.4 is 0 Å². The van der Waals surface area contributed by atoms with Crippen molar-refractivity contribution in [2.45, 2.75) is 32.0 Å². The van der Waals surface area contributed by atoms with Crippen molar-refractivity contribution in [2.24, 2.45) is 5.92 Å². The molecule has 0 saturated carbocycles. The molecule has 1 aromatic heterocycles. The van der Waals surface area contributed by atoms with Gasteiger partial charge in [-0.1, -0.05) is 17.7 Å². The molecule has 2 aromatic rings. The maximum atomic E-state index is 12.6. The van der Waals surface area contributed by atoms with Crippen molar-refractivity contribution in [1.82, 2.24) is 9.88 Å². The Hall–Kier alpha value is -2.24. The van der Waals surface area contributed by atoms with E-state index in [2.05, 4.69) is 4.98 Å². The number of pyridine rings is 1. The van der Waals surface area contributed by atoms with Gasteiger partial charge in [0.25, 0.3) is 5.91 Å². The topological polar surface area (TPSA) is 51.7 Å². The van der Waals surface area contributed by atoms with Crippen LogP contribution in [0.4, 0.5) is 0 Å². The van der Waals surface area contributed by atoms with Gasteiger partial charge in [-0.05, 0) is 55.5 Å². The van der Waals surface area contributed by atoms with E-state index < -0.39 is 0 Å². The molecule has 3 heterocycles.